The van der Waals surface area contributed by atoms with Gasteiger partial charge in [-0.15, -0.1) is 0 Å². The number of hydrogen-bond acceptors (Lipinski definition) is 3. The molecule has 0 fully saturated rings. The van der Waals surface area contributed by atoms with Crippen LogP contribution in [0.25, 0.3) is 0 Å². The Bertz CT molecular complexity index is 308. The summed E-state index contributed by atoms with van der Waals surface area (Å²) in [5.41, 5.74) is 0.854. The quantitative estimate of drug-likeness (QED) is 0.673. The molecule has 0 saturated carbocycles. The third-order valence-corrected chi connectivity index (χ3v) is 2.02. The van der Waals surface area contributed by atoms with Crippen LogP contribution in [0.3, 0.4) is 0 Å². The van der Waals surface area contributed by atoms with E-state index in [1.54, 1.807) is 31.3 Å². The van der Waals surface area contributed by atoms with E-state index in [0.717, 1.165) is 5.56 Å². The van der Waals surface area contributed by atoms with Crippen molar-refractivity contribution in [2.75, 3.05) is 7.05 Å². The molecule has 0 aromatic heterocycles. The van der Waals surface area contributed by atoms with Crippen LogP contribution in [0, 0.1) is 0 Å². The second-order valence-electron chi connectivity index (χ2n) is 3.03. The lowest BCUT2D eigenvalue weighted by atomic mass is 10.0. The van der Waals surface area contributed by atoms with Crippen molar-refractivity contribution in [2.45, 2.75) is 12.5 Å². The van der Waals surface area contributed by atoms with Crippen molar-refractivity contribution in [2.24, 2.45) is 0 Å². The van der Waals surface area contributed by atoms with E-state index in [2.05, 4.69) is 5.32 Å². The summed E-state index contributed by atoms with van der Waals surface area (Å²) in [6, 6.07) is 6.29. The summed E-state index contributed by atoms with van der Waals surface area (Å²) >= 11 is 0. The summed E-state index contributed by atoms with van der Waals surface area (Å²) in [6.07, 6.45) is 0.0290. The summed E-state index contributed by atoms with van der Waals surface area (Å²) in [7, 11) is 1.71. The van der Waals surface area contributed by atoms with Crippen LogP contribution in [0.5, 0.6) is 5.75 Å². The molecule has 1 rings (SSSR count). The zero-order chi connectivity index (χ0) is 10.6. The highest BCUT2D eigenvalue weighted by Crippen LogP contribution is 2.18. The Morgan fingerprint density at radius 2 is 2.00 bits per heavy atom. The highest BCUT2D eigenvalue weighted by Gasteiger charge is 2.12. The molecule has 1 unspecified atom stereocenters. The Morgan fingerprint density at radius 3 is 2.43 bits per heavy atom. The molecule has 4 nitrogen and oxygen atoms in total. The van der Waals surface area contributed by atoms with Crippen LogP contribution in [0.2, 0.25) is 0 Å². The molecule has 1 atom stereocenters. The first-order chi connectivity index (χ1) is 6.63. The summed E-state index contributed by atoms with van der Waals surface area (Å²) in [5.74, 6) is -0.670. The van der Waals surface area contributed by atoms with Crippen molar-refractivity contribution >= 4 is 5.97 Å². The normalized spacial score (nSPS) is 12.4. The van der Waals surface area contributed by atoms with Gasteiger partial charge < -0.3 is 15.5 Å². The maximum atomic E-state index is 10.5. The monoisotopic (exact) mass is 195 g/mol. The lowest BCUT2D eigenvalue weighted by Crippen LogP contribution is -2.19. The fraction of sp³-hybridized carbons (Fsp3) is 0.300. The van der Waals surface area contributed by atoms with Crippen LogP contribution >= 0.6 is 0 Å². The first kappa shape index (κ1) is 10.5. The molecule has 0 bridgehead atoms. The Hall–Kier alpha value is -1.55. The molecule has 0 aliphatic heterocycles. The molecule has 0 aliphatic rings. The number of phenols is 1. The van der Waals surface area contributed by atoms with Gasteiger partial charge in [0, 0.05) is 6.04 Å². The molecule has 4 heteroatoms. The van der Waals surface area contributed by atoms with Gasteiger partial charge in [0.15, 0.2) is 0 Å². The van der Waals surface area contributed by atoms with E-state index >= 15 is 0 Å². The lowest BCUT2D eigenvalue weighted by Gasteiger charge is -2.13. The van der Waals surface area contributed by atoms with Crippen molar-refractivity contribution in [1.82, 2.24) is 5.32 Å². The number of aliphatic carboxylic acids is 1. The third kappa shape index (κ3) is 2.74. The molecule has 0 amide bonds. The highest BCUT2D eigenvalue weighted by molar-refractivity contribution is 5.67. The largest absolute Gasteiger partial charge is 0.508 e. The van der Waals surface area contributed by atoms with E-state index in [0.29, 0.717) is 0 Å². The maximum Gasteiger partial charge on any atom is 0.305 e. The topological polar surface area (TPSA) is 69.6 Å². The standard InChI is InChI=1S/C10H13NO3/c1-11-9(6-10(13)14)7-2-4-8(12)5-3-7/h2-5,9,11-12H,6H2,1H3,(H,13,14). The minimum atomic E-state index is -0.850. The van der Waals surface area contributed by atoms with E-state index in [4.69, 9.17) is 10.2 Å². The van der Waals surface area contributed by atoms with E-state index < -0.39 is 5.97 Å². The number of carboxylic acids is 1. The number of nitrogens with one attached hydrogen (secondary N) is 1. The lowest BCUT2D eigenvalue weighted by molar-refractivity contribution is -0.137. The van der Waals surface area contributed by atoms with Gasteiger partial charge in [-0.05, 0) is 24.7 Å². The van der Waals surface area contributed by atoms with E-state index in [-0.39, 0.29) is 18.2 Å². The van der Waals surface area contributed by atoms with Crippen molar-refractivity contribution in [1.29, 1.82) is 0 Å². The number of phenolic OH excluding ortho intramolecular Hbond substituents is 1. The number of rotatable bonds is 4. The Kier molecular flexibility index (Phi) is 3.48. The van der Waals surface area contributed by atoms with Gasteiger partial charge in [-0.3, -0.25) is 4.79 Å². The Morgan fingerprint density at radius 1 is 1.43 bits per heavy atom. The molecular weight excluding hydrogens is 182 g/mol. The van der Waals surface area contributed by atoms with Crippen molar-refractivity contribution in [3.05, 3.63) is 29.8 Å². The predicted molar refractivity (Wildman–Crippen MR) is 52.2 cm³/mol. The first-order valence-electron chi connectivity index (χ1n) is 4.31. The molecule has 0 aliphatic carbocycles. The zero-order valence-electron chi connectivity index (χ0n) is 7.90. The number of carbonyl (C=O) groups is 1. The third-order valence-electron chi connectivity index (χ3n) is 2.02. The average Bonchev–Trinajstić information content (AvgIpc) is 2.15. The molecule has 14 heavy (non-hydrogen) atoms. The predicted octanol–water partition coefficient (Wildman–Crippen LogP) is 1.13. The second kappa shape index (κ2) is 4.62. The van der Waals surface area contributed by atoms with Gasteiger partial charge >= 0.3 is 5.97 Å². The van der Waals surface area contributed by atoms with Crippen LogP contribution in [-0.2, 0) is 4.79 Å². The van der Waals surface area contributed by atoms with Gasteiger partial charge in [0.2, 0.25) is 0 Å². The number of benzene rings is 1. The molecular formula is C10H13NO3. The number of carboxylic acid groups (broad SMARTS) is 1. The molecule has 1 aromatic rings. The SMILES string of the molecule is CNC(CC(=O)O)c1ccc(O)cc1. The smallest absolute Gasteiger partial charge is 0.305 e. The van der Waals surface area contributed by atoms with Crippen molar-refractivity contribution < 1.29 is 15.0 Å². The van der Waals surface area contributed by atoms with E-state index in [1.165, 1.54) is 0 Å². The maximum absolute atomic E-state index is 10.5. The Balaban J connectivity index is 2.78. The average molecular weight is 195 g/mol. The molecule has 0 spiro atoms. The number of hydrogen-bond donors (Lipinski definition) is 3. The van der Waals surface area contributed by atoms with Crippen LogP contribution < -0.4 is 5.32 Å². The van der Waals surface area contributed by atoms with Gasteiger partial charge in [-0.1, -0.05) is 12.1 Å². The fourth-order valence-corrected chi connectivity index (χ4v) is 1.27. The first-order valence-corrected chi connectivity index (χ1v) is 4.31. The fourth-order valence-electron chi connectivity index (χ4n) is 1.27. The van der Waals surface area contributed by atoms with Gasteiger partial charge in [0.25, 0.3) is 0 Å². The summed E-state index contributed by atoms with van der Waals surface area (Å²) in [6.45, 7) is 0. The summed E-state index contributed by atoms with van der Waals surface area (Å²) in [5, 5.41) is 20.6. The molecule has 0 heterocycles. The molecule has 76 valence electrons. The number of aromatic hydroxyl groups is 1. The second-order valence-corrected chi connectivity index (χ2v) is 3.03. The van der Waals surface area contributed by atoms with Gasteiger partial charge in [0.05, 0.1) is 6.42 Å². The van der Waals surface area contributed by atoms with Gasteiger partial charge in [0.1, 0.15) is 5.75 Å². The molecule has 0 saturated heterocycles. The minimum Gasteiger partial charge on any atom is -0.508 e. The van der Waals surface area contributed by atoms with Crippen LogP contribution in [0.4, 0.5) is 0 Å². The molecule has 3 N–H and O–H groups in total. The zero-order valence-corrected chi connectivity index (χ0v) is 7.90. The van der Waals surface area contributed by atoms with Crippen molar-refractivity contribution in [3.63, 3.8) is 0 Å². The summed E-state index contributed by atoms with van der Waals surface area (Å²) < 4.78 is 0. The van der Waals surface area contributed by atoms with Gasteiger partial charge in [-0.2, -0.15) is 0 Å². The van der Waals surface area contributed by atoms with Crippen molar-refractivity contribution in [3.8, 4) is 5.75 Å². The van der Waals surface area contributed by atoms with E-state index in [1.807, 2.05) is 0 Å². The van der Waals surface area contributed by atoms with E-state index in [9.17, 15) is 4.79 Å². The van der Waals surface area contributed by atoms with Crippen LogP contribution in [0.1, 0.15) is 18.0 Å². The minimum absolute atomic E-state index is 0.0290. The summed E-state index contributed by atoms with van der Waals surface area (Å²) in [4.78, 5) is 10.5. The Labute approximate surface area is 82.2 Å². The highest BCUT2D eigenvalue weighted by atomic mass is 16.4. The molecule has 0 radical (unpaired) electrons. The van der Waals surface area contributed by atoms with Crippen LogP contribution in [-0.4, -0.2) is 23.2 Å². The molecule has 1 aromatic carbocycles. The van der Waals surface area contributed by atoms with Crippen LogP contribution in [0.15, 0.2) is 24.3 Å². The van der Waals surface area contributed by atoms with Gasteiger partial charge in [-0.25, -0.2) is 0 Å².